The molecule has 166 valence electrons. The number of rotatable bonds is 6. The molecule has 2 heterocycles. The van der Waals surface area contributed by atoms with Gasteiger partial charge in [0.15, 0.2) is 0 Å². The highest BCUT2D eigenvalue weighted by Gasteiger charge is 2.23. The average Bonchev–Trinajstić information content (AvgIpc) is 2.75. The van der Waals surface area contributed by atoms with Crippen LogP contribution in [0.3, 0.4) is 0 Å². The molecule has 0 unspecified atom stereocenters. The van der Waals surface area contributed by atoms with Crippen molar-refractivity contribution in [1.29, 1.82) is 0 Å². The summed E-state index contributed by atoms with van der Waals surface area (Å²) < 4.78 is 5.32. The molecule has 2 N–H and O–H groups in total. The molecular weight excluding hydrogens is 406 g/mol. The molecular formula is C24H27N5O3. The highest BCUT2D eigenvalue weighted by molar-refractivity contribution is 5.97. The van der Waals surface area contributed by atoms with Gasteiger partial charge in [0.05, 0.1) is 5.69 Å². The normalized spacial score (nSPS) is 12.0. The van der Waals surface area contributed by atoms with Crippen molar-refractivity contribution in [2.75, 3.05) is 5.32 Å². The zero-order valence-corrected chi connectivity index (χ0v) is 18.8. The lowest BCUT2D eigenvalue weighted by Crippen LogP contribution is -2.42. The summed E-state index contributed by atoms with van der Waals surface area (Å²) >= 11 is 0. The Morgan fingerprint density at radius 2 is 1.88 bits per heavy atom. The molecule has 0 aliphatic heterocycles. The van der Waals surface area contributed by atoms with E-state index in [1.54, 1.807) is 64.5 Å². The van der Waals surface area contributed by atoms with Gasteiger partial charge in [0, 0.05) is 35.4 Å². The third-order valence-electron chi connectivity index (χ3n) is 4.47. The number of ether oxygens (including phenoxy) is 1. The topological polar surface area (TPSA) is 106 Å². The minimum Gasteiger partial charge on any atom is -0.458 e. The lowest BCUT2D eigenvalue weighted by Gasteiger charge is -2.22. The fraction of sp³-hybridized carbons (Fsp3) is 0.292. The molecule has 8 heteroatoms. The standard InChI is InChI=1S/C24H27N5O3/c1-15-8-9-17(21(30)27-16(2)22(31)32-24(3,4)5)13-20(15)29-23-26-12-10-19(28-23)18-7-6-11-25-14-18/h6-14,16H,1-5H3,(H,27,30)(H,26,28,29)/t16-/m1/s1. The van der Waals surface area contributed by atoms with Crippen molar-refractivity contribution in [2.24, 2.45) is 0 Å². The number of nitrogens with zero attached hydrogens (tertiary/aromatic N) is 3. The molecule has 1 aromatic carbocycles. The van der Waals surface area contributed by atoms with E-state index in [1.807, 2.05) is 25.1 Å². The van der Waals surface area contributed by atoms with Crippen LogP contribution < -0.4 is 10.6 Å². The first kappa shape index (κ1) is 22.9. The molecule has 8 nitrogen and oxygen atoms in total. The first-order chi connectivity index (χ1) is 15.1. The summed E-state index contributed by atoms with van der Waals surface area (Å²) in [6, 6.07) is 10.0. The van der Waals surface area contributed by atoms with Gasteiger partial charge in [-0.15, -0.1) is 0 Å². The fourth-order valence-electron chi connectivity index (χ4n) is 2.84. The van der Waals surface area contributed by atoms with E-state index in [-0.39, 0.29) is 5.91 Å². The Bertz CT molecular complexity index is 1110. The van der Waals surface area contributed by atoms with Gasteiger partial charge < -0.3 is 15.4 Å². The predicted molar refractivity (Wildman–Crippen MR) is 122 cm³/mol. The molecule has 0 saturated heterocycles. The zero-order chi connectivity index (χ0) is 23.3. The van der Waals surface area contributed by atoms with Crippen LogP contribution in [0.2, 0.25) is 0 Å². The number of benzene rings is 1. The minimum atomic E-state index is -0.779. The second kappa shape index (κ2) is 9.55. The van der Waals surface area contributed by atoms with E-state index in [0.29, 0.717) is 17.2 Å². The van der Waals surface area contributed by atoms with Crippen LogP contribution in [0.15, 0.2) is 55.0 Å². The third kappa shape index (κ3) is 6.10. The van der Waals surface area contributed by atoms with E-state index in [1.165, 1.54) is 0 Å². The quantitative estimate of drug-likeness (QED) is 0.565. The molecule has 1 amide bonds. The molecule has 0 radical (unpaired) electrons. The number of hydrogen-bond donors (Lipinski definition) is 2. The number of carbonyl (C=O) groups is 2. The second-order valence-corrected chi connectivity index (χ2v) is 8.39. The number of carbonyl (C=O) groups excluding carboxylic acids is 2. The van der Waals surface area contributed by atoms with Gasteiger partial charge in [-0.05, 0) is 70.5 Å². The maximum atomic E-state index is 12.7. The molecule has 1 atom stereocenters. The molecule has 2 aromatic heterocycles. The van der Waals surface area contributed by atoms with Crippen LogP contribution in [0.4, 0.5) is 11.6 Å². The van der Waals surface area contributed by atoms with Crippen molar-refractivity contribution < 1.29 is 14.3 Å². The van der Waals surface area contributed by atoms with Crippen molar-refractivity contribution in [3.8, 4) is 11.3 Å². The lowest BCUT2D eigenvalue weighted by atomic mass is 10.1. The first-order valence-corrected chi connectivity index (χ1v) is 10.3. The van der Waals surface area contributed by atoms with Gasteiger partial charge in [-0.2, -0.15) is 0 Å². The Hall–Kier alpha value is -3.81. The minimum absolute atomic E-state index is 0.378. The highest BCUT2D eigenvalue weighted by Crippen LogP contribution is 2.22. The van der Waals surface area contributed by atoms with Crippen LogP contribution in [0.5, 0.6) is 0 Å². The molecule has 0 fully saturated rings. The molecule has 0 aliphatic rings. The van der Waals surface area contributed by atoms with E-state index in [4.69, 9.17) is 4.74 Å². The van der Waals surface area contributed by atoms with Crippen molar-refractivity contribution in [3.05, 3.63) is 66.1 Å². The van der Waals surface area contributed by atoms with Crippen molar-refractivity contribution in [2.45, 2.75) is 46.3 Å². The lowest BCUT2D eigenvalue weighted by molar-refractivity contribution is -0.156. The largest absolute Gasteiger partial charge is 0.458 e. The molecule has 0 saturated carbocycles. The van der Waals surface area contributed by atoms with Gasteiger partial charge in [0.2, 0.25) is 5.95 Å². The Kier molecular flexibility index (Phi) is 6.82. The van der Waals surface area contributed by atoms with Crippen LogP contribution >= 0.6 is 0 Å². The zero-order valence-electron chi connectivity index (χ0n) is 18.8. The number of aromatic nitrogens is 3. The van der Waals surface area contributed by atoms with Gasteiger partial charge >= 0.3 is 5.97 Å². The summed E-state index contributed by atoms with van der Waals surface area (Å²) in [5, 5.41) is 5.85. The number of esters is 1. The first-order valence-electron chi connectivity index (χ1n) is 10.3. The van der Waals surface area contributed by atoms with E-state index in [2.05, 4.69) is 25.6 Å². The van der Waals surface area contributed by atoms with E-state index in [9.17, 15) is 9.59 Å². The van der Waals surface area contributed by atoms with E-state index >= 15 is 0 Å². The van der Waals surface area contributed by atoms with E-state index in [0.717, 1.165) is 16.8 Å². The number of aryl methyl sites for hydroxylation is 1. The Balaban J connectivity index is 1.75. The van der Waals surface area contributed by atoms with Crippen molar-refractivity contribution >= 4 is 23.5 Å². The van der Waals surface area contributed by atoms with Gasteiger partial charge in [0.1, 0.15) is 11.6 Å². The van der Waals surface area contributed by atoms with Gasteiger partial charge in [-0.1, -0.05) is 6.07 Å². The maximum Gasteiger partial charge on any atom is 0.328 e. The van der Waals surface area contributed by atoms with Crippen LogP contribution in [0.1, 0.15) is 43.6 Å². The summed E-state index contributed by atoms with van der Waals surface area (Å²) in [6.07, 6.45) is 5.09. The van der Waals surface area contributed by atoms with Gasteiger partial charge in [-0.3, -0.25) is 9.78 Å². The molecule has 0 bridgehead atoms. The molecule has 3 aromatic rings. The SMILES string of the molecule is Cc1ccc(C(=O)N[C@H](C)C(=O)OC(C)(C)C)cc1Nc1nccc(-c2cccnc2)n1. The van der Waals surface area contributed by atoms with Crippen LogP contribution in [0, 0.1) is 6.92 Å². The summed E-state index contributed by atoms with van der Waals surface area (Å²) in [5.74, 6) is -0.470. The third-order valence-corrected chi connectivity index (χ3v) is 4.47. The number of nitrogens with one attached hydrogen (secondary N) is 2. The average molecular weight is 434 g/mol. The van der Waals surface area contributed by atoms with E-state index < -0.39 is 17.6 Å². The van der Waals surface area contributed by atoms with Crippen LogP contribution in [0.25, 0.3) is 11.3 Å². The second-order valence-electron chi connectivity index (χ2n) is 8.39. The van der Waals surface area contributed by atoms with Gasteiger partial charge in [-0.25, -0.2) is 14.8 Å². The summed E-state index contributed by atoms with van der Waals surface area (Å²) in [5.41, 5.74) is 2.98. The summed E-state index contributed by atoms with van der Waals surface area (Å²) in [7, 11) is 0. The number of anilines is 2. The van der Waals surface area contributed by atoms with Crippen molar-refractivity contribution in [3.63, 3.8) is 0 Å². The van der Waals surface area contributed by atoms with Gasteiger partial charge in [0.25, 0.3) is 5.91 Å². The Labute approximate surface area is 187 Å². The molecule has 3 rings (SSSR count). The van der Waals surface area contributed by atoms with Crippen molar-refractivity contribution in [1.82, 2.24) is 20.3 Å². The van der Waals surface area contributed by atoms with Crippen LogP contribution in [-0.2, 0) is 9.53 Å². The van der Waals surface area contributed by atoms with Crippen LogP contribution in [-0.4, -0.2) is 38.5 Å². The number of amides is 1. The highest BCUT2D eigenvalue weighted by atomic mass is 16.6. The molecule has 0 aliphatic carbocycles. The monoisotopic (exact) mass is 433 g/mol. The Morgan fingerprint density at radius 3 is 2.56 bits per heavy atom. The predicted octanol–water partition coefficient (Wildman–Crippen LogP) is 4.05. The Morgan fingerprint density at radius 1 is 1.09 bits per heavy atom. The molecule has 0 spiro atoms. The maximum absolute atomic E-state index is 12.7. The summed E-state index contributed by atoms with van der Waals surface area (Å²) in [6.45, 7) is 8.85. The number of pyridine rings is 1. The summed E-state index contributed by atoms with van der Waals surface area (Å²) in [4.78, 5) is 37.8. The smallest absolute Gasteiger partial charge is 0.328 e. The number of hydrogen-bond acceptors (Lipinski definition) is 7. The fourth-order valence-corrected chi connectivity index (χ4v) is 2.84. The molecule has 32 heavy (non-hydrogen) atoms.